The highest BCUT2D eigenvalue weighted by atomic mass is 16.5. The molecule has 2 aromatic carbocycles. The lowest BCUT2D eigenvalue weighted by Crippen LogP contribution is -2.52. The zero-order chi connectivity index (χ0) is 26.8. The smallest absolute Gasteiger partial charge is 0.310 e. The van der Waals surface area contributed by atoms with Crippen LogP contribution in [0.5, 0.6) is 11.5 Å². The van der Waals surface area contributed by atoms with E-state index in [-0.39, 0.29) is 23.7 Å². The van der Waals surface area contributed by atoms with Gasteiger partial charge >= 0.3 is 5.97 Å². The number of fused-ring (bicyclic) bond motifs is 4. The van der Waals surface area contributed by atoms with Gasteiger partial charge in [0.05, 0.1) is 37.7 Å². The highest BCUT2D eigenvalue weighted by Crippen LogP contribution is 2.49. The number of rotatable bonds is 7. The molecule has 0 spiro atoms. The summed E-state index contributed by atoms with van der Waals surface area (Å²) in [6.45, 7) is 8.38. The van der Waals surface area contributed by atoms with Crippen LogP contribution in [0.2, 0.25) is 0 Å². The van der Waals surface area contributed by atoms with Gasteiger partial charge in [0.1, 0.15) is 0 Å². The number of carbonyl (C=O) groups is 3. The minimum absolute atomic E-state index is 0.0600. The summed E-state index contributed by atoms with van der Waals surface area (Å²) in [5.74, 6) is 0.00747. The summed E-state index contributed by atoms with van der Waals surface area (Å²) in [4.78, 5) is 44.2. The Morgan fingerprint density at radius 3 is 2.42 bits per heavy atom. The third-order valence-corrected chi connectivity index (χ3v) is 7.80. The van der Waals surface area contributed by atoms with Crippen molar-refractivity contribution < 1.29 is 28.6 Å². The Morgan fingerprint density at radius 2 is 1.68 bits per heavy atom. The number of esters is 1. The first-order valence-corrected chi connectivity index (χ1v) is 13.8. The summed E-state index contributed by atoms with van der Waals surface area (Å²) in [5, 5.41) is 0. The van der Waals surface area contributed by atoms with E-state index in [1.807, 2.05) is 55.1 Å². The van der Waals surface area contributed by atoms with Crippen molar-refractivity contribution in [3.8, 4) is 11.5 Å². The van der Waals surface area contributed by atoms with Crippen molar-refractivity contribution >= 4 is 17.8 Å². The number of benzene rings is 2. The Labute approximate surface area is 223 Å². The van der Waals surface area contributed by atoms with E-state index < -0.39 is 12.0 Å². The third-order valence-electron chi connectivity index (χ3n) is 7.80. The molecule has 8 heteroatoms. The molecule has 0 aromatic heterocycles. The van der Waals surface area contributed by atoms with E-state index in [0.717, 1.165) is 23.1 Å². The summed E-state index contributed by atoms with van der Waals surface area (Å²) in [7, 11) is 0. The summed E-state index contributed by atoms with van der Waals surface area (Å²) in [6.07, 6.45) is 2.11. The van der Waals surface area contributed by atoms with Crippen LogP contribution >= 0.6 is 0 Å². The normalized spacial score (nSPS) is 22.2. The van der Waals surface area contributed by atoms with Crippen molar-refractivity contribution in [3.05, 3.63) is 58.7 Å². The fourth-order valence-corrected chi connectivity index (χ4v) is 6.16. The number of carbonyl (C=O) groups excluding carboxylic acids is 3. The SMILES string of the molecule is CCOC(=O)[C@@H]1CCCN(C(=O)[C@H]2c3ccccc3C(=O)N3CCc4cc(OCC)c(OCC)cc4[C@H]23)C1. The molecule has 0 radical (unpaired) electrons. The standard InChI is InChI=1S/C30H36N2O6/c1-4-36-24-16-19-13-15-32-27(23(19)17-25(24)37-5-2)26(21-11-7-8-12-22(21)28(32)33)29(34)31-14-9-10-20(18-31)30(35)38-6-3/h7-8,11-12,16-17,20,26-27H,4-6,9-10,13-15,18H2,1-3H3/t20-,26+,27-/m1/s1. The van der Waals surface area contributed by atoms with Gasteiger partial charge in [0.2, 0.25) is 5.91 Å². The van der Waals surface area contributed by atoms with Crippen LogP contribution in [0.3, 0.4) is 0 Å². The maximum Gasteiger partial charge on any atom is 0.310 e. The molecule has 0 saturated carbocycles. The Kier molecular flexibility index (Phi) is 7.58. The van der Waals surface area contributed by atoms with Crippen molar-refractivity contribution in [2.24, 2.45) is 5.92 Å². The number of ether oxygens (including phenoxy) is 3. The Balaban J connectivity index is 1.59. The van der Waals surface area contributed by atoms with E-state index in [1.165, 1.54) is 0 Å². The molecular formula is C30H36N2O6. The summed E-state index contributed by atoms with van der Waals surface area (Å²) >= 11 is 0. The van der Waals surface area contributed by atoms with Crippen LogP contribution in [-0.4, -0.2) is 67.0 Å². The van der Waals surface area contributed by atoms with Gasteiger partial charge in [-0.05, 0) is 74.9 Å². The molecule has 0 aliphatic carbocycles. The molecular weight excluding hydrogens is 484 g/mol. The van der Waals surface area contributed by atoms with Crippen LogP contribution < -0.4 is 9.47 Å². The second-order valence-electron chi connectivity index (χ2n) is 10.00. The molecule has 0 unspecified atom stereocenters. The van der Waals surface area contributed by atoms with Crippen LogP contribution in [0.4, 0.5) is 0 Å². The van der Waals surface area contributed by atoms with E-state index in [9.17, 15) is 14.4 Å². The van der Waals surface area contributed by atoms with Gasteiger partial charge in [0.25, 0.3) is 5.91 Å². The Bertz CT molecular complexity index is 1230. The fraction of sp³-hybridized carbons (Fsp3) is 0.500. The first-order valence-electron chi connectivity index (χ1n) is 13.8. The Morgan fingerprint density at radius 1 is 0.947 bits per heavy atom. The van der Waals surface area contributed by atoms with Crippen LogP contribution in [0.25, 0.3) is 0 Å². The summed E-state index contributed by atoms with van der Waals surface area (Å²) in [5.41, 5.74) is 3.29. The molecule has 3 heterocycles. The second-order valence-corrected chi connectivity index (χ2v) is 10.00. The van der Waals surface area contributed by atoms with Gasteiger partial charge in [-0.3, -0.25) is 14.4 Å². The molecule has 3 atom stereocenters. The lowest BCUT2D eigenvalue weighted by atomic mass is 9.75. The number of hydrogen-bond acceptors (Lipinski definition) is 6. The van der Waals surface area contributed by atoms with Gasteiger partial charge in [0, 0.05) is 25.2 Å². The number of amides is 2. The summed E-state index contributed by atoms with van der Waals surface area (Å²) in [6, 6.07) is 10.9. The van der Waals surface area contributed by atoms with Gasteiger partial charge in [-0.15, -0.1) is 0 Å². The average molecular weight is 521 g/mol. The van der Waals surface area contributed by atoms with Crippen LogP contribution in [0.15, 0.2) is 36.4 Å². The molecule has 1 fully saturated rings. The van der Waals surface area contributed by atoms with Gasteiger partial charge in [0.15, 0.2) is 11.5 Å². The molecule has 1 saturated heterocycles. The van der Waals surface area contributed by atoms with Gasteiger partial charge < -0.3 is 24.0 Å². The number of nitrogens with zero attached hydrogens (tertiary/aromatic N) is 2. The lowest BCUT2D eigenvalue weighted by Gasteiger charge is -2.47. The predicted molar refractivity (Wildman–Crippen MR) is 141 cm³/mol. The van der Waals surface area contributed by atoms with E-state index >= 15 is 0 Å². The lowest BCUT2D eigenvalue weighted by molar-refractivity contribution is -0.151. The topological polar surface area (TPSA) is 85.4 Å². The number of likely N-dealkylation sites (tertiary alicyclic amines) is 1. The first kappa shape index (κ1) is 26.1. The molecule has 202 valence electrons. The van der Waals surface area contributed by atoms with Gasteiger partial charge in [-0.1, -0.05) is 18.2 Å². The zero-order valence-electron chi connectivity index (χ0n) is 22.4. The maximum atomic E-state index is 14.4. The third kappa shape index (κ3) is 4.61. The minimum atomic E-state index is -0.587. The summed E-state index contributed by atoms with van der Waals surface area (Å²) < 4.78 is 17.1. The van der Waals surface area contributed by atoms with Crippen LogP contribution in [0, 0.1) is 5.92 Å². The first-order chi connectivity index (χ1) is 18.5. The number of piperidine rings is 1. The molecule has 38 heavy (non-hydrogen) atoms. The molecule has 5 rings (SSSR count). The Hall–Kier alpha value is -3.55. The molecule has 2 aromatic rings. The predicted octanol–water partition coefficient (Wildman–Crippen LogP) is 4.12. The quantitative estimate of drug-likeness (QED) is 0.511. The average Bonchev–Trinajstić information content (AvgIpc) is 2.94. The van der Waals surface area contributed by atoms with Crippen molar-refractivity contribution in [2.75, 3.05) is 39.5 Å². The highest BCUT2D eigenvalue weighted by molar-refractivity contribution is 6.01. The molecule has 0 bridgehead atoms. The fourth-order valence-electron chi connectivity index (χ4n) is 6.16. The largest absolute Gasteiger partial charge is 0.490 e. The van der Waals surface area contributed by atoms with E-state index in [0.29, 0.717) is 69.4 Å². The van der Waals surface area contributed by atoms with Crippen LogP contribution in [-0.2, 0) is 20.7 Å². The molecule has 3 aliphatic rings. The van der Waals surface area contributed by atoms with Gasteiger partial charge in [-0.2, -0.15) is 0 Å². The molecule has 3 aliphatic heterocycles. The zero-order valence-corrected chi connectivity index (χ0v) is 22.4. The van der Waals surface area contributed by atoms with Crippen molar-refractivity contribution in [1.29, 1.82) is 0 Å². The van der Waals surface area contributed by atoms with Crippen molar-refractivity contribution in [1.82, 2.24) is 9.80 Å². The van der Waals surface area contributed by atoms with E-state index in [4.69, 9.17) is 14.2 Å². The molecule has 8 nitrogen and oxygen atoms in total. The maximum absolute atomic E-state index is 14.4. The van der Waals surface area contributed by atoms with E-state index in [1.54, 1.807) is 11.8 Å². The second kappa shape index (κ2) is 11.1. The van der Waals surface area contributed by atoms with Crippen molar-refractivity contribution in [2.45, 2.75) is 52.0 Å². The van der Waals surface area contributed by atoms with Crippen molar-refractivity contribution in [3.63, 3.8) is 0 Å². The monoisotopic (exact) mass is 520 g/mol. The molecule has 0 N–H and O–H groups in total. The highest BCUT2D eigenvalue weighted by Gasteiger charge is 2.48. The van der Waals surface area contributed by atoms with Gasteiger partial charge in [-0.25, -0.2) is 0 Å². The van der Waals surface area contributed by atoms with E-state index in [2.05, 4.69) is 0 Å². The van der Waals surface area contributed by atoms with Crippen LogP contribution in [0.1, 0.15) is 72.6 Å². The number of hydrogen-bond donors (Lipinski definition) is 0. The minimum Gasteiger partial charge on any atom is -0.490 e. The molecule has 2 amide bonds.